The van der Waals surface area contributed by atoms with Crippen molar-refractivity contribution in [3.05, 3.63) is 40.6 Å². The minimum absolute atomic E-state index is 0.308. The van der Waals surface area contributed by atoms with Crippen molar-refractivity contribution in [2.45, 2.75) is 38.6 Å². The maximum Gasteiger partial charge on any atom is 0.344 e. The maximum atomic E-state index is 12.2. The van der Waals surface area contributed by atoms with E-state index >= 15 is 0 Å². The molecule has 0 saturated carbocycles. The first-order valence-corrected chi connectivity index (χ1v) is 7.15. The molecule has 0 radical (unpaired) electrons. The molecule has 2 atom stereocenters. The monoisotopic (exact) mass is 291 g/mol. The summed E-state index contributed by atoms with van der Waals surface area (Å²) in [7, 11) is 1.37. The average molecular weight is 291 g/mol. The molecule has 0 aliphatic heterocycles. The Morgan fingerprint density at radius 2 is 2.29 bits per heavy atom. The molecule has 1 heterocycles. The smallest absolute Gasteiger partial charge is 0.344 e. The molecule has 1 aromatic rings. The number of carbonyl (C=O) groups is 1. The molecule has 0 fully saturated rings. The number of H-pyrrole nitrogens is 1. The predicted octanol–water partition coefficient (Wildman–Crippen LogP) is 1.68. The molecule has 0 saturated heterocycles. The van der Waals surface area contributed by atoms with E-state index in [-0.39, 0.29) is 11.7 Å². The molecule has 0 spiro atoms. The number of aryl methyl sites for hydroxylation is 1. The van der Waals surface area contributed by atoms with Crippen molar-refractivity contribution >= 4 is 5.97 Å². The molecule has 0 amide bonds. The summed E-state index contributed by atoms with van der Waals surface area (Å²) in [5.41, 5.74) is -1.07. The van der Waals surface area contributed by atoms with Gasteiger partial charge in [0.2, 0.25) is 0 Å². The van der Waals surface area contributed by atoms with E-state index in [0.29, 0.717) is 12.2 Å². The van der Waals surface area contributed by atoms with Gasteiger partial charge >= 0.3 is 11.7 Å². The number of nitrogens with zero attached hydrogens (tertiary/aromatic N) is 2. The number of methoxy groups -OCH3 is 1. The SMILES string of the molecule is CCCCC1(n2c(C)n[nH]c2=O)C=CC=CC1C(=O)OC. The molecular formula is C15H21N3O3. The van der Waals surface area contributed by atoms with Crippen molar-refractivity contribution in [3.63, 3.8) is 0 Å². The molecule has 0 bridgehead atoms. The lowest BCUT2D eigenvalue weighted by Crippen LogP contribution is -2.48. The second kappa shape index (κ2) is 6.11. The Hall–Kier alpha value is -2.11. The molecule has 1 aromatic heterocycles. The van der Waals surface area contributed by atoms with Gasteiger partial charge in [0.25, 0.3) is 0 Å². The summed E-state index contributed by atoms with van der Waals surface area (Å²) in [4.78, 5) is 24.4. The van der Waals surface area contributed by atoms with Crippen LogP contribution in [0.1, 0.15) is 32.0 Å². The van der Waals surface area contributed by atoms with Crippen LogP contribution in [0, 0.1) is 12.8 Å². The predicted molar refractivity (Wildman–Crippen MR) is 78.9 cm³/mol. The van der Waals surface area contributed by atoms with Gasteiger partial charge in [-0.05, 0) is 13.3 Å². The Kier molecular flexibility index (Phi) is 4.45. The first kappa shape index (κ1) is 15.3. The molecule has 6 nitrogen and oxygen atoms in total. The molecule has 21 heavy (non-hydrogen) atoms. The van der Waals surface area contributed by atoms with Crippen LogP contribution in [0.3, 0.4) is 0 Å². The van der Waals surface area contributed by atoms with Crippen LogP contribution in [-0.2, 0) is 15.1 Å². The van der Waals surface area contributed by atoms with Gasteiger partial charge in [-0.3, -0.25) is 9.36 Å². The average Bonchev–Trinajstić information content (AvgIpc) is 2.84. The van der Waals surface area contributed by atoms with Crippen molar-refractivity contribution in [1.29, 1.82) is 0 Å². The van der Waals surface area contributed by atoms with Crippen molar-refractivity contribution in [2.24, 2.45) is 5.92 Å². The van der Waals surface area contributed by atoms with Gasteiger partial charge in [0.1, 0.15) is 11.7 Å². The second-order valence-electron chi connectivity index (χ2n) is 5.25. The van der Waals surface area contributed by atoms with Gasteiger partial charge in [0.05, 0.1) is 12.6 Å². The number of esters is 1. The van der Waals surface area contributed by atoms with Crippen LogP contribution >= 0.6 is 0 Å². The zero-order valence-electron chi connectivity index (χ0n) is 12.6. The number of carbonyl (C=O) groups excluding carboxylic acids is 1. The lowest BCUT2D eigenvalue weighted by Gasteiger charge is -2.38. The number of aromatic amines is 1. The molecule has 1 aliphatic rings. The van der Waals surface area contributed by atoms with Crippen LogP contribution in [0.5, 0.6) is 0 Å². The molecule has 1 N–H and O–H groups in total. The minimum atomic E-state index is -0.758. The number of nitrogens with one attached hydrogen (secondary N) is 1. The first-order valence-electron chi connectivity index (χ1n) is 7.15. The van der Waals surface area contributed by atoms with Crippen molar-refractivity contribution in [1.82, 2.24) is 14.8 Å². The van der Waals surface area contributed by atoms with E-state index in [0.717, 1.165) is 12.8 Å². The molecular weight excluding hydrogens is 270 g/mol. The van der Waals surface area contributed by atoms with Crippen LogP contribution in [-0.4, -0.2) is 27.8 Å². The quantitative estimate of drug-likeness (QED) is 0.837. The molecule has 6 heteroatoms. The Morgan fingerprint density at radius 3 is 2.86 bits per heavy atom. The lowest BCUT2D eigenvalue weighted by atomic mass is 9.76. The fourth-order valence-electron chi connectivity index (χ4n) is 2.97. The van der Waals surface area contributed by atoms with Crippen molar-refractivity contribution in [2.75, 3.05) is 7.11 Å². The lowest BCUT2D eigenvalue weighted by molar-refractivity contribution is -0.146. The summed E-state index contributed by atoms with van der Waals surface area (Å²) >= 11 is 0. The minimum Gasteiger partial charge on any atom is -0.468 e. The third-order valence-corrected chi connectivity index (χ3v) is 3.98. The summed E-state index contributed by atoms with van der Waals surface area (Å²) in [6, 6.07) is 0. The van der Waals surface area contributed by atoms with Crippen LogP contribution in [0.2, 0.25) is 0 Å². The summed E-state index contributed by atoms with van der Waals surface area (Å²) in [5, 5.41) is 6.44. The Balaban J connectivity index is 2.60. The second-order valence-corrected chi connectivity index (χ2v) is 5.25. The van der Waals surface area contributed by atoms with Crippen molar-refractivity contribution < 1.29 is 9.53 Å². The third-order valence-electron chi connectivity index (χ3n) is 3.98. The molecule has 114 valence electrons. The van der Waals surface area contributed by atoms with Gasteiger partial charge in [-0.2, -0.15) is 5.10 Å². The maximum absolute atomic E-state index is 12.2. The topological polar surface area (TPSA) is 77.0 Å². The highest BCUT2D eigenvalue weighted by Crippen LogP contribution is 2.37. The number of hydrogen-bond acceptors (Lipinski definition) is 4. The van der Waals surface area contributed by atoms with E-state index in [2.05, 4.69) is 17.1 Å². The summed E-state index contributed by atoms with van der Waals surface area (Å²) in [5.74, 6) is -0.322. The van der Waals surface area contributed by atoms with Crippen molar-refractivity contribution in [3.8, 4) is 0 Å². The standard InChI is InChI=1S/C15H21N3O3/c1-4-5-9-15(18-11(2)16-17-14(18)20)10-7-6-8-12(15)13(19)21-3/h6-8,10,12H,4-5,9H2,1-3H3,(H,17,20). The van der Waals surface area contributed by atoms with Gasteiger partial charge in [-0.1, -0.05) is 44.1 Å². The van der Waals surface area contributed by atoms with E-state index in [9.17, 15) is 9.59 Å². The van der Waals surface area contributed by atoms with E-state index < -0.39 is 11.5 Å². The van der Waals surface area contributed by atoms with Crippen LogP contribution in [0.4, 0.5) is 0 Å². The Labute approximate surface area is 123 Å². The van der Waals surface area contributed by atoms with Gasteiger partial charge in [-0.25, -0.2) is 9.89 Å². The number of aromatic nitrogens is 3. The van der Waals surface area contributed by atoms with Crippen LogP contribution < -0.4 is 5.69 Å². The summed E-state index contributed by atoms with van der Waals surface area (Å²) in [6.07, 6.45) is 9.92. The van der Waals surface area contributed by atoms with E-state index in [1.807, 2.05) is 18.2 Å². The first-order chi connectivity index (χ1) is 10.1. The van der Waals surface area contributed by atoms with Gasteiger partial charge in [0, 0.05) is 0 Å². The highest BCUT2D eigenvalue weighted by atomic mass is 16.5. The molecule has 2 rings (SSSR count). The number of ether oxygens (including phenoxy) is 1. The molecule has 1 aliphatic carbocycles. The highest BCUT2D eigenvalue weighted by Gasteiger charge is 2.44. The van der Waals surface area contributed by atoms with Crippen LogP contribution in [0.15, 0.2) is 29.1 Å². The Morgan fingerprint density at radius 1 is 1.52 bits per heavy atom. The zero-order chi connectivity index (χ0) is 15.5. The van der Waals surface area contributed by atoms with E-state index in [1.165, 1.54) is 7.11 Å². The van der Waals surface area contributed by atoms with E-state index in [1.54, 1.807) is 17.6 Å². The molecule has 0 aromatic carbocycles. The number of unbranched alkanes of at least 4 members (excludes halogenated alkanes) is 1. The van der Waals surface area contributed by atoms with Crippen LogP contribution in [0.25, 0.3) is 0 Å². The Bertz CT molecular complexity index is 626. The summed E-state index contributed by atoms with van der Waals surface area (Å²) in [6.45, 7) is 3.83. The van der Waals surface area contributed by atoms with E-state index in [4.69, 9.17) is 4.74 Å². The highest BCUT2D eigenvalue weighted by molar-refractivity contribution is 5.77. The fourth-order valence-corrected chi connectivity index (χ4v) is 2.97. The fraction of sp³-hybridized carbons (Fsp3) is 0.533. The normalized spacial score (nSPS) is 24.2. The zero-order valence-corrected chi connectivity index (χ0v) is 12.6. The number of hydrogen-bond donors (Lipinski definition) is 1. The number of rotatable bonds is 5. The van der Waals surface area contributed by atoms with Gasteiger partial charge in [-0.15, -0.1) is 0 Å². The summed E-state index contributed by atoms with van der Waals surface area (Å²) < 4.78 is 6.51. The van der Waals surface area contributed by atoms with Gasteiger partial charge in [0.15, 0.2) is 0 Å². The third kappa shape index (κ3) is 2.57. The molecule has 2 unspecified atom stereocenters. The van der Waals surface area contributed by atoms with Gasteiger partial charge < -0.3 is 4.74 Å². The number of allylic oxidation sites excluding steroid dienone is 3. The largest absolute Gasteiger partial charge is 0.468 e.